The Morgan fingerprint density at radius 2 is 1.81 bits per heavy atom. The Hall–Kier alpha value is -1.91. The molecule has 0 saturated carbocycles. The number of rotatable bonds is 3. The molecule has 106 valence electrons. The number of halogens is 1. The molecule has 2 aromatic carbocycles. The van der Waals surface area contributed by atoms with E-state index in [2.05, 4.69) is 27.0 Å². The number of fused-ring (bicyclic) bond motifs is 1. The van der Waals surface area contributed by atoms with Crippen molar-refractivity contribution in [2.75, 3.05) is 0 Å². The van der Waals surface area contributed by atoms with E-state index in [0.717, 1.165) is 32.3 Å². The predicted octanol–water partition coefficient (Wildman–Crippen LogP) is 4.59. The number of hydrogen-bond acceptors (Lipinski definition) is 3. The molecule has 0 unspecified atom stereocenters. The van der Waals surface area contributed by atoms with Crippen LogP contribution < -0.4 is 4.74 Å². The number of benzene rings is 2. The van der Waals surface area contributed by atoms with Gasteiger partial charge >= 0.3 is 0 Å². The van der Waals surface area contributed by atoms with E-state index in [1.165, 1.54) is 0 Å². The molecule has 0 aliphatic heterocycles. The highest BCUT2D eigenvalue weighted by Gasteiger charge is 2.04. The average Bonchev–Trinajstić information content (AvgIpc) is 2.47. The van der Waals surface area contributed by atoms with Gasteiger partial charge in [0.1, 0.15) is 5.75 Å². The summed E-state index contributed by atoms with van der Waals surface area (Å²) in [6, 6.07) is 15.6. The molecule has 0 aliphatic carbocycles. The SMILES string of the molecule is Cc1cc(CO)cc(Oc2ccc3cc(Br)ccc3c2)n1. The van der Waals surface area contributed by atoms with Crippen molar-refractivity contribution in [1.29, 1.82) is 0 Å². The normalized spacial score (nSPS) is 10.8. The summed E-state index contributed by atoms with van der Waals surface area (Å²) >= 11 is 3.46. The van der Waals surface area contributed by atoms with E-state index >= 15 is 0 Å². The van der Waals surface area contributed by atoms with Gasteiger partial charge in [-0.25, -0.2) is 4.98 Å². The first-order valence-electron chi connectivity index (χ1n) is 6.59. The van der Waals surface area contributed by atoms with E-state index in [1.54, 1.807) is 6.07 Å². The summed E-state index contributed by atoms with van der Waals surface area (Å²) in [5.41, 5.74) is 1.61. The van der Waals surface area contributed by atoms with Gasteiger partial charge < -0.3 is 9.84 Å². The van der Waals surface area contributed by atoms with Gasteiger partial charge in [0, 0.05) is 16.2 Å². The Morgan fingerprint density at radius 1 is 1.05 bits per heavy atom. The lowest BCUT2D eigenvalue weighted by Crippen LogP contribution is -1.93. The van der Waals surface area contributed by atoms with Crippen LogP contribution in [0.4, 0.5) is 0 Å². The Kier molecular flexibility index (Phi) is 3.90. The first-order valence-corrected chi connectivity index (χ1v) is 7.39. The van der Waals surface area contributed by atoms with Crippen molar-refractivity contribution in [2.45, 2.75) is 13.5 Å². The van der Waals surface area contributed by atoms with Gasteiger partial charge in [-0.1, -0.05) is 28.1 Å². The van der Waals surface area contributed by atoms with E-state index in [0.29, 0.717) is 5.88 Å². The fourth-order valence-electron chi connectivity index (χ4n) is 2.23. The zero-order valence-electron chi connectivity index (χ0n) is 11.5. The molecule has 21 heavy (non-hydrogen) atoms. The lowest BCUT2D eigenvalue weighted by atomic mass is 10.1. The molecule has 1 aromatic heterocycles. The number of aliphatic hydroxyl groups is 1. The van der Waals surface area contributed by atoms with Crippen molar-refractivity contribution in [1.82, 2.24) is 4.98 Å². The second-order valence-corrected chi connectivity index (χ2v) is 5.78. The quantitative estimate of drug-likeness (QED) is 0.756. The van der Waals surface area contributed by atoms with Crippen molar-refractivity contribution in [3.63, 3.8) is 0 Å². The minimum absolute atomic E-state index is 0.0224. The highest BCUT2D eigenvalue weighted by molar-refractivity contribution is 9.10. The number of hydrogen-bond donors (Lipinski definition) is 1. The fourth-order valence-corrected chi connectivity index (χ4v) is 2.61. The van der Waals surface area contributed by atoms with Crippen LogP contribution in [0, 0.1) is 6.92 Å². The molecule has 3 rings (SSSR count). The minimum atomic E-state index is -0.0224. The summed E-state index contributed by atoms with van der Waals surface area (Å²) in [6.45, 7) is 1.86. The van der Waals surface area contributed by atoms with Crippen LogP contribution in [0.25, 0.3) is 10.8 Å². The highest BCUT2D eigenvalue weighted by Crippen LogP contribution is 2.27. The van der Waals surface area contributed by atoms with Crippen LogP contribution in [-0.2, 0) is 6.61 Å². The van der Waals surface area contributed by atoms with E-state index in [-0.39, 0.29) is 6.61 Å². The third-order valence-electron chi connectivity index (χ3n) is 3.17. The van der Waals surface area contributed by atoms with Gasteiger partial charge in [0.2, 0.25) is 5.88 Å². The molecule has 1 N–H and O–H groups in total. The van der Waals surface area contributed by atoms with Gasteiger partial charge in [0.25, 0.3) is 0 Å². The number of pyridine rings is 1. The maximum absolute atomic E-state index is 9.23. The summed E-state index contributed by atoms with van der Waals surface area (Å²) in [4.78, 5) is 4.33. The smallest absolute Gasteiger partial charge is 0.219 e. The van der Waals surface area contributed by atoms with E-state index in [9.17, 15) is 5.11 Å². The number of nitrogens with zero attached hydrogens (tertiary/aromatic N) is 1. The van der Waals surface area contributed by atoms with Gasteiger partial charge in [-0.3, -0.25) is 0 Å². The van der Waals surface area contributed by atoms with Gasteiger partial charge in [0.05, 0.1) is 6.61 Å². The van der Waals surface area contributed by atoms with E-state index in [4.69, 9.17) is 4.74 Å². The second kappa shape index (κ2) is 5.84. The van der Waals surface area contributed by atoms with Crippen LogP contribution in [0.1, 0.15) is 11.3 Å². The standard InChI is InChI=1S/C17H14BrNO2/c1-11-6-12(10-20)7-17(19-11)21-16-5-3-13-8-15(18)4-2-14(13)9-16/h2-9,20H,10H2,1H3. The highest BCUT2D eigenvalue weighted by atomic mass is 79.9. The maximum atomic E-state index is 9.23. The van der Waals surface area contributed by atoms with Gasteiger partial charge in [0.15, 0.2) is 0 Å². The summed E-state index contributed by atoms with van der Waals surface area (Å²) in [5.74, 6) is 1.22. The third kappa shape index (κ3) is 3.23. The molecule has 0 saturated heterocycles. The van der Waals surface area contributed by atoms with Crippen LogP contribution in [0.2, 0.25) is 0 Å². The Bertz CT molecular complexity index is 802. The van der Waals surface area contributed by atoms with Crippen LogP contribution in [0.5, 0.6) is 11.6 Å². The first kappa shape index (κ1) is 14.0. The van der Waals surface area contributed by atoms with Crippen LogP contribution in [0.15, 0.2) is 53.0 Å². The zero-order valence-corrected chi connectivity index (χ0v) is 13.1. The molecule has 3 nitrogen and oxygen atoms in total. The van der Waals surface area contributed by atoms with Crippen molar-refractivity contribution >= 4 is 26.7 Å². The Morgan fingerprint density at radius 3 is 2.62 bits per heavy atom. The fraction of sp³-hybridized carbons (Fsp3) is 0.118. The lowest BCUT2D eigenvalue weighted by Gasteiger charge is -2.08. The molecule has 1 heterocycles. The molecule has 0 atom stereocenters. The average molecular weight is 344 g/mol. The van der Waals surface area contributed by atoms with Crippen molar-refractivity contribution < 1.29 is 9.84 Å². The zero-order chi connectivity index (χ0) is 14.8. The first-order chi connectivity index (χ1) is 10.1. The third-order valence-corrected chi connectivity index (χ3v) is 3.66. The predicted molar refractivity (Wildman–Crippen MR) is 86.6 cm³/mol. The summed E-state index contributed by atoms with van der Waals surface area (Å²) in [5, 5.41) is 11.5. The van der Waals surface area contributed by atoms with Crippen molar-refractivity contribution in [2.24, 2.45) is 0 Å². The molecule has 3 aromatic rings. The largest absolute Gasteiger partial charge is 0.439 e. The van der Waals surface area contributed by atoms with E-state index in [1.807, 2.05) is 43.3 Å². The molecule has 0 radical (unpaired) electrons. The Balaban J connectivity index is 1.94. The number of aryl methyl sites for hydroxylation is 1. The molecule has 0 aliphatic rings. The van der Waals surface area contributed by atoms with Gasteiger partial charge in [-0.05, 0) is 53.6 Å². The minimum Gasteiger partial charge on any atom is -0.439 e. The van der Waals surface area contributed by atoms with E-state index < -0.39 is 0 Å². The molecule has 0 bridgehead atoms. The molecule has 0 amide bonds. The summed E-state index contributed by atoms with van der Waals surface area (Å²) in [6.07, 6.45) is 0. The maximum Gasteiger partial charge on any atom is 0.219 e. The molecule has 0 spiro atoms. The monoisotopic (exact) mass is 343 g/mol. The molecule has 4 heteroatoms. The summed E-state index contributed by atoms with van der Waals surface area (Å²) < 4.78 is 6.86. The van der Waals surface area contributed by atoms with Gasteiger partial charge in [-0.2, -0.15) is 0 Å². The summed E-state index contributed by atoms with van der Waals surface area (Å²) in [7, 11) is 0. The molecular weight excluding hydrogens is 330 g/mol. The molecular formula is C17H14BrNO2. The van der Waals surface area contributed by atoms with Crippen molar-refractivity contribution in [3.8, 4) is 11.6 Å². The van der Waals surface area contributed by atoms with Crippen molar-refractivity contribution in [3.05, 3.63) is 64.3 Å². The topological polar surface area (TPSA) is 42.4 Å². The number of aliphatic hydroxyl groups excluding tert-OH is 1. The van der Waals surface area contributed by atoms with Crippen LogP contribution >= 0.6 is 15.9 Å². The molecule has 0 fully saturated rings. The lowest BCUT2D eigenvalue weighted by molar-refractivity contribution is 0.281. The van der Waals surface area contributed by atoms with Crippen LogP contribution in [-0.4, -0.2) is 10.1 Å². The Labute approximate surface area is 131 Å². The van der Waals surface area contributed by atoms with Crippen LogP contribution in [0.3, 0.4) is 0 Å². The second-order valence-electron chi connectivity index (χ2n) is 4.87. The van der Waals surface area contributed by atoms with Gasteiger partial charge in [-0.15, -0.1) is 0 Å². The number of aromatic nitrogens is 1. The number of ether oxygens (including phenoxy) is 1.